The van der Waals surface area contributed by atoms with Crippen LogP contribution < -0.4 is 15.8 Å². The van der Waals surface area contributed by atoms with Gasteiger partial charge in [0.15, 0.2) is 0 Å². The summed E-state index contributed by atoms with van der Waals surface area (Å²) in [5.74, 6) is 1.80. The fourth-order valence-electron chi connectivity index (χ4n) is 3.02. The molecule has 3 N–H and O–H groups in total. The molecule has 3 rings (SSSR count). The quantitative estimate of drug-likeness (QED) is 0.860. The number of hydrogen-bond donors (Lipinski definition) is 2. The maximum absolute atomic E-state index is 6.23. The lowest BCUT2D eigenvalue weighted by Crippen LogP contribution is -2.69. The summed E-state index contributed by atoms with van der Waals surface area (Å²) >= 11 is 0. The number of rotatable bonds is 4. The number of ether oxygens (including phenoxy) is 2. The predicted octanol–water partition coefficient (Wildman–Crippen LogP) is 1.18. The molecule has 110 valence electrons. The third-order valence-corrected chi connectivity index (χ3v) is 3.99. The molecule has 1 aromatic rings. The van der Waals surface area contributed by atoms with Gasteiger partial charge in [-0.3, -0.25) is 0 Å². The summed E-state index contributed by atoms with van der Waals surface area (Å²) in [7, 11) is 0. The van der Waals surface area contributed by atoms with E-state index in [4.69, 9.17) is 15.2 Å². The van der Waals surface area contributed by atoms with Gasteiger partial charge < -0.3 is 20.5 Å². The fraction of sp³-hybridized carbons (Fsp3) is 0.714. The van der Waals surface area contributed by atoms with Crippen LogP contribution in [0.15, 0.2) is 12.4 Å². The topological polar surface area (TPSA) is 82.3 Å². The molecular weight excluding hydrogens is 256 g/mol. The molecule has 20 heavy (non-hydrogen) atoms. The van der Waals surface area contributed by atoms with Gasteiger partial charge in [0.2, 0.25) is 5.88 Å². The van der Waals surface area contributed by atoms with Crippen LogP contribution in [0.1, 0.15) is 26.7 Å². The van der Waals surface area contributed by atoms with Gasteiger partial charge in [-0.15, -0.1) is 0 Å². The van der Waals surface area contributed by atoms with Crippen LogP contribution in [0.25, 0.3) is 0 Å². The highest BCUT2D eigenvalue weighted by Gasteiger charge is 2.50. The summed E-state index contributed by atoms with van der Waals surface area (Å²) in [6.07, 6.45) is 4.08. The first kappa shape index (κ1) is 13.6. The van der Waals surface area contributed by atoms with Gasteiger partial charge in [-0.05, 0) is 26.7 Å². The van der Waals surface area contributed by atoms with E-state index in [1.54, 1.807) is 0 Å². The molecule has 0 radical (unpaired) electrons. The minimum Gasteiger partial charge on any atom is -0.475 e. The number of nitrogens with two attached hydrogens (primary N) is 1. The Morgan fingerprint density at radius 2 is 2.30 bits per heavy atom. The smallest absolute Gasteiger partial charge is 0.218 e. The molecule has 0 aromatic carbocycles. The lowest BCUT2D eigenvalue weighted by molar-refractivity contribution is -0.104. The van der Waals surface area contributed by atoms with Crippen molar-refractivity contribution >= 4 is 5.82 Å². The summed E-state index contributed by atoms with van der Waals surface area (Å²) < 4.78 is 11.4. The van der Waals surface area contributed by atoms with Crippen molar-refractivity contribution in [2.45, 2.75) is 51.0 Å². The molecule has 1 saturated carbocycles. The van der Waals surface area contributed by atoms with Gasteiger partial charge >= 0.3 is 0 Å². The lowest BCUT2D eigenvalue weighted by Gasteiger charge is -2.52. The Kier molecular flexibility index (Phi) is 3.76. The Hall–Kier alpha value is -1.40. The molecule has 1 aromatic heterocycles. The van der Waals surface area contributed by atoms with Gasteiger partial charge in [-0.25, -0.2) is 9.97 Å². The van der Waals surface area contributed by atoms with Crippen LogP contribution in [0.3, 0.4) is 0 Å². The van der Waals surface area contributed by atoms with E-state index < -0.39 is 0 Å². The van der Waals surface area contributed by atoms with E-state index >= 15 is 0 Å². The summed E-state index contributed by atoms with van der Waals surface area (Å²) in [6.45, 7) is 4.77. The summed E-state index contributed by atoms with van der Waals surface area (Å²) in [5, 5.41) is 3.36. The van der Waals surface area contributed by atoms with Crippen molar-refractivity contribution < 1.29 is 9.47 Å². The second-order valence-corrected chi connectivity index (χ2v) is 5.80. The molecule has 6 heteroatoms. The first-order valence-corrected chi connectivity index (χ1v) is 7.27. The Bertz CT molecular complexity index is 468. The molecule has 4 unspecified atom stereocenters. The van der Waals surface area contributed by atoms with E-state index in [1.165, 1.54) is 6.33 Å². The van der Waals surface area contributed by atoms with Crippen molar-refractivity contribution in [2.75, 3.05) is 11.9 Å². The van der Waals surface area contributed by atoms with E-state index in [0.29, 0.717) is 11.8 Å². The van der Waals surface area contributed by atoms with Crippen LogP contribution in [0.2, 0.25) is 0 Å². The highest BCUT2D eigenvalue weighted by molar-refractivity contribution is 5.40. The third kappa shape index (κ3) is 2.58. The molecule has 0 amide bonds. The molecule has 2 fully saturated rings. The molecule has 0 spiro atoms. The normalized spacial score (nSPS) is 32.4. The van der Waals surface area contributed by atoms with Gasteiger partial charge in [0.1, 0.15) is 12.1 Å². The maximum atomic E-state index is 6.23. The van der Waals surface area contributed by atoms with Gasteiger partial charge in [0, 0.05) is 24.6 Å². The monoisotopic (exact) mass is 278 g/mol. The van der Waals surface area contributed by atoms with Crippen molar-refractivity contribution in [1.82, 2.24) is 9.97 Å². The van der Waals surface area contributed by atoms with Crippen LogP contribution in [-0.2, 0) is 4.74 Å². The molecule has 0 bridgehead atoms. The first-order valence-electron chi connectivity index (χ1n) is 7.27. The van der Waals surface area contributed by atoms with Gasteiger partial charge in [0.25, 0.3) is 0 Å². The van der Waals surface area contributed by atoms with Crippen LogP contribution in [0.4, 0.5) is 5.82 Å². The van der Waals surface area contributed by atoms with Gasteiger partial charge in [-0.1, -0.05) is 0 Å². The highest BCUT2D eigenvalue weighted by atomic mass is 16.5. The maximum Gasteiger partial charge on any atom is 0.218 e. The number of fused-ring (bicyclic) bond motifs is 1. The lowest BCUT2D eigenvalue weighted by atomic mass is 9.68. The average molecular weight is 278 g/mol. The molecule has 4 atom stereocenters. The molecule has 2 aliphatic rings. The molecule has 1 aliphatic carbocycles. The van der Waals surface area contributed by atoms with Crippen LogP contribution in [0, 0.1) is 5.92 Å². The zero-order chi connectivity index (χ0) is 14.1. The van der Waals surface area contributed by atoms with Crippen LogP contribution in [0.5, 0.6) is 5.88 Å². The summed E-state index contributed by atoms with van der Waals surface area (Å²) in [6, 6.07) is 2.06. The number of anilines is 1. The van der Waals surface area contributed by atoms with E-state index in [9.17, 15) is 0 Å². The Labute approximate surface area is 119 Å². The van der Waals surface area contributed by atoms with E-state index in [0.717, 1.165) is 25.3 Å². The second-order valence-electron chi connectivity index (χ2n) is 5.80. The van der Waals surface area contributed by atoms with Crippen LogP contribution in [-0.4, -0.2) is 40.9 Å². The first-order chi connectivity index (χ1) is 9.65. The Morgan fingerprint density at radius 3 is 3.10 bits per heavy atom. The second kappa shape index (κ2) is 5.54. The van der Waals surface area contributed by atoms with E-state index in [-0.39, 0.29) is 24.3 Å². The Morgan fingerprint density at radius 1 is 1.45 bits per heavy atom. The minimum absolute atomic E-state index is 0.0924. The number of hydrogen-bond acceptors (Lipinski definition) is 6. The van der Waals surface area contributed by atoms with E-state index in [1.807, 2.05) is 19.9 Å². The van der Waals surface area contributed by atoms with Crippen molar-refractivity contribution in [1.29, 1.82) is 0 Å². The summed E-state index contributed by atoms with van der Waals surface area (Å²) in [4.78, 5) is 8.32. The zero-order valence-corrected chi connectivity index (χ0v) is 12.0. The molecular formula is C14H22N4O2. The largest absolute Gasteiger partial charge is 0.475 e. The zero-order valence-electron chi connectivity index (χ0n) is 12.0. The Balaban J connectivity index is 1.65. The SMILES string of the molecule is CC(C)Oc1cc(NC2C(N)C3CCCOC32)ncn1. The fourth-order valence-corrected chi connectivity index (χ4v) is 3.02. The predicted molar refractivity (Wildman–Crippen MR) is 75.6 cm³/mol. The third-order valence-electron chi connectivity index (χ3n) is 3.99. The number of aromatic nitrogens is 2. The van der Waals surface area contributed by atoms with Gasteiger partial charge in [-0.2, -0.15) is 0 Å². The average Bonchev–Trinajstić information content (AvgIpc) is 2.44. The molecule has 1 saturated heterocycles. The number of nitrogens with one attached hydrogen (secondary N) is 1. The minimum atomic E-state index is 0.0924. The van der Waals surface area contributed by atoms with Crippen molar-refractivity contribution in [2.24, 2.45) is 11.7 Å². The van der Waals surface area contributed by atoms with E-state index in [2.05, 4.69) is 15.3 Å². The summed E-state index contributed by atoms with van der Waals surface area (Å²) in [5.41, 5.74) is 6.23. The molecule has 2 heterocycles. The standard InChI is InChI=1S/C14H22N4O2/c1-8(2)20-11-6-10(16-7-17-11)18-13-12(15)9-4-3-5-19-14(9)13/h6-9,12-14H,3-5,15H2,1-2H3,(H,16,17,18). The molecule has 1 aliphatic heterocycles. The molecule has 6 nitrogen and oxygen atoms in total. The van der Waals surface area contributed by atoms with Crippen molar-refractivity contribution in [3.63, 3.8) is 0 Å². The number of nitrogens with zero attached hydrogens (tertiary/aromatic N) is 2. The van der Waals surface area contributed by atoms with Crippen molar-refractivity contribution in [3.05, 3.63) is 12.4 Å². The van der Waals surface area contributed by atoms with Gasteiger partial charge in [0.05, 0.1) is 18.2 Å². The van der Waals surface area contributed by atoms with Crippen molar-refractivity contribution in [3.8, 4) is 5.88 Å². The van der Waals surface area contributed by atoms with Crippen LogP contribution >= 0.6 is 0 Å². The highest BCUT2D eigenvalue weighted by Crippen LogP contribution is 2.38.